The quantitative estimate of drug-likeness (QED) is 0.552. The van der Waals surface area contributed by atoms with E-state index in [1.54, 1.807) is 31.2 Å². The average Bonchev–Trinajstić information content (AvgIpc) is 3.04. The number of rotatable bonds is 3. The van der Waals surface area contributed by atoms with E-state index in [9.17, 15) is 14.0 Å². The number of fused-ring (bicyclic) bond motifs is 1. The van der Waals surface area contributed by atoms with E-state index in [1.807, 2.05) is 0 Å². The van der Waals surface area contributed by atoms with E-state index in [1.165, 1.54) is 30.3 Å². The fourth-order valence-electron chi connectivity index (χ4n) is 2.79. The van der Waals surface area contributed by atoms with Crippen molar-refractivity contribution in [2.75, 3.05) is 5.32 Å². The minimum absolute atomic E-state index is 0.265. The molecule has 0 bridgehead atoms. The number of carbonyl (C=O) groups excluding carboxylic acids is 1. The normalized spacial score (nSPS) is 10.9. The average molecular weight is 364 g/mol. The molecule has 7 heteroatoms. The van der Waals surface area contributed by atoms with E-state index in [-0.39, 0.29) is 11.4 Å². The minimum atomic E-state index is -0.441. The van der Waals surface area contributed by atoms with E-state index < -0.39 is 11.5 Å². The molecule has 0 atom stereocenters. The van der Waals surface area contributed by atoms with Crippen molar-refractivity contribution in [2.45, 2.75) is 6.92 Å². The first-order chi connectivity index (χ1) is 13.0. The number of nitrogens with one attached hydrogen (secondary N) is 1. The lowest BCUT2D eigenvalue weighted by Crippen LogP contribution is -2.13. The van der Waals surface area contributed by atoms with Crippen molar-refractivity contribution in [1.29, 1.82) is 0 Å². The van der Waals surface area contributed by atoms with Gasteiger partial charge < -0.3 is 14.3 Å². The van der Waals surface area contributed by atoms with Crippen LogP contribution < -0.4 is 10.9 Å². The summed E-state index contributed by atoms with van der Waals surface area (Å²) in [5.74, 6) is -0.448. The summed E-state index contributed by atoms with van der Waals surface area (Å²) in [6.45, 7) is 1.63. The number of nitrogens with zero attached hydrogens (tertiary/aromatic N) is 1. The van der Waals surface area contributed by atoms with Crippen molar-refractivity contribution in [3.05, 3.63) is 82.2 Å². The number of hydrogen-bond acceptors (Lipinski definition) is 5. The van der Waals surface area contributed by atoms with E-state index >= 15 is 0 Å². The Morgan fingerprint density at radius 1 is 1.07 bits per heavy atom. The lowest BCUT2D eigenvalue weighted by Gasteiger charge is -2.07. The summed E-state index contributed by atoms with van der Waals surface area (Å²) >= 11 is 0. The molecule has 0 aliphatic carbocycles. The molecule has 0 saturated carbocycles. The van der Waals surface area contributed by atoms with E-state index in [4.69, 9.17) is 8.94 Å². The highest BCUT2D eigenvalue weighted by Gasteiger charge is 2.22. The number of aryl methyl sites for hydroxylation is 1. The zero-order valence-corrected chi connectivity index (χ0v) is 14.2. The van der Waals surface area contributed by atoms with E-state index in [2.05, 4.69) is 10.5 Å². The number of halogens is 1. The van der Waals surface area contributed by atoms with Crippen molar-refractivity contribution in [1.82, 2.24) is 5.16 Å². The third-order valence-corrected chi connectivity index (χ3v) is 4.08. The monoisotopic (exact) mass is 364 g/mol. The molecule has 134 valence electrons. The molecule has 4 rings (SSSR count). The Kier molecular flexibility index (Phi) is 4.04. The van der Waals surface area contributed by atoms with Crippen LogP contribution in [0.15, 0.2) is 68.3 Å². The van der Waals surface area contributed by atoms with Gasteiger partial charge >= 0.3 is 5.63 Å². The Hall–Kier alpha value is -3.74. The summed E-state index contributed by atoms with van der Waals surface area (Å²) in [4.78, 5) is 24.0. The molecular formula is C20H13FN2O4. The van der Waals surface area contributed by atoms with Gasteiger partial charge in [-0.1, -0.05) is 5.16 Å². The number of benzene rings is 2. The maximum absolute atomic E-state index is 13.2. The second-order valence-electron chi connectivity index (χ2n) is 5.93. The maximum atomic E-state index is 13.2. The number of hydrogen-bond donors (Lipinski definition) is 1. The van der Waals surface area contributed by atoms with Gasteiger partial charge in [0, 0.05) is 22.7 Å². The van der Waals surface area contributed by atoms with Crippen LogP contribution in [-0.4, -0.2) is 11.1 Å². The highest BCUT2D eigenvalue weighted by atomic mass is 19.1. The van der Waals surface area contributed by atoms with Crippen LogP contribution >= 0.6 is 0 Å². The third-order valence-electron chi connectivity index (χ3n) is 4.08. The predicted octanol–water partition coefficient (Wildman–Crippen LogP) is 4.15. The van der Waals surface area contributed by atoms with Crippen molar-refractivity contribution >= 4 is 22.6 Å². The topological polar surface area (TPSA) is 85.3 Å². The zero-order chi connectivity index (χ0) is 19.0. The summed E-state index contributed by atoms with van der Waals surface area (Å²) in [5.41, 5.74) is 1.67. The summed E-state index contributed by atoms with van der Waals surface area (Å²) < 4.78 is 23.4. The van der Waals surface area contributed by atoms with Gasteiger partial charge in [0.25, 0.3) is 5.91 Å². The molecule has 0 saturated heterocycles. The van der Waals surface area contributed by atoms with Gasteiger partial charge in [0.15, 0.2) is 0 Å². The van der Waals surface area contributed by atoms with Crippen LogP contribution in [0.3, 0.4) is 0 Å². The highest BCUT2D eigenvalue weighted by Crippen LogP contribution is 2.27. The number of amides is 1. The molecule has 4 aromatic rings. The molecule has 0 unspecified atom stereocenters. The fraction of sp³-hybridized carbons (Fsp3) is 0.0500. The Morgan fingerprint density at radius 3 is 2.63 bits per heavy atom. The molecule has 27 heavy (non-hydrogen) atoms. The second-order valence-corrected chi connectivity index (χ2v) is 5.93. The molecule has 2 aromatic heterocycles. The van der Waals surface area contributed by atoms with Crippen LogP contribution in [0.5, 0.6) is 0 Å². The molecule has 6 nitrogen and oxygen atoms in total. The number of aromatic nitrogens is 1. The van der Waals surface area contributed by atoms with Crippen molar-refractivity contribution in [3.63, 3.8) is 0 Å². The molecule has 0 fully saturated rings. The standard InChI is InChI=1S/C20H13FN2O4/c1-11-18(19(23-27-11)12-2-5-14(21)6-3-12)20(25)22-15-7-8-16-13(10-15)4-9-17(24)26-16/h2-10H,1H3,(H,22,25). The van der Waals surface area contributed by atoms with Gasteiger partial charge in [-0.25, -0.2) is 9.18 Å². The number of anilines is 1. The van der Waals surface area contributed by atoms with Crippen LogP contribution in [0.1, 0.15) is 16.1 Å². The third kappa shape index (κ3) is 3.22. The van der Waals surface area contributed by atoms with Crippen molar-refractivity contribution in [3.8, 4) is 11.3 Å². The van der Waals surface area contributed by atoms with Gasteiger partial charge in [-0.3, -0.25) is 4.79 Å². The molecule has 0 radical (unpaired) electrons. The van der Waals surface area contributed by atoms with Crippen LogP contribution in [0.2, 0.25) is 0 Å². The van der Waals surface area contributed by atoms with E-state index in [0.717, 1.165) is 0 Å². The van der Waals surface area contributed by atoms with Gasteiger partial charge in [-0.15, -0.1) is 0 Å². The molecular weight excluding hydrogens is 351 g/mol. The lowest BCUT2D eigenvalue weighted by molar-refractivity contribution is 0.102. The summed E-state index contributed by atoms with van der Waals surface area (Å²) in [5, 5.41) is 7.38. The van der Waals surface area contributed by atoms with Crippen LogP contribution in [-0.2, 0) is 0 Å². The molecule has 0 spiro atoms. The molecule has 1 amide bonds. The van der Waals surface area contributed by atoms with Gasteiger partial charge in [-0.2, -0.15) is 0 Å². The first kappa shape index (κ1) is 16.7. The zero-order valence-electron chi connectivity index (χ0n) is 14.2. The van der Waals surface area contributed by atoms with Gasteiger partial charge in [0.2, 0.25) is 0 Å². The Morgan fingerprint density at radius 2 is 1.85 bits per heavy atom. The minimum Gasteiger partial charge on any atom is -0.423 e. The smallest absolute Gasteiger partial charge is 0.336 e. The van der Waals surface area contributed by atoms with Crippen LogP contribution in [0.4, 0.5) is 10.1 Å². The number of carbonyl (C=O) groups is 1. The van der Waals surface area contributed by atoms with Crippen molar-refractivity contribution < 1.29 is 18.1 Å². The van der Waals surface area contributed by atoms with Gasteiger partial charge in [-0.05, 0) is 55.5 Å². The lowest BCUT2D eigenvalue weighted by atomic mass is 10.1. The van der Waals surface area contributed by atoms with Crippen molar-refractivity contribution in [2.24, 2.45) is 0 Å². The van der Waals surface area contributed by atoms with Crippen LogP contribution in [0, 0.1) is 12.7 Å². The molecule has 0 aliphatic heterocycles. The highest BCUT2D eigenvalue weighted by molar-refractivity contribution is 6.09. The Balaban J connectivity index is 1.67. The second kappa shape index (κ2) is 6.53. The van der Waals surface area contributed by atoms with E-state index in [0.29, 0.717) is 33.7 Å². The maximum Gasteiger partial charge on any atom is 0.336 e. The Bertz CT molecular complexity index is 1210. The largest absolute Gasteiger partial charge is 0.423 e. The first-order valence-electron chi connectivity index (χ1n) is 8.09. The summed E-state index contributed by atoms with van der Waals surface area (Å²) in [7, 11) is 0. The van der Waals surface area contributed by atoms with Gasteiger partial charge in [0.05, 0.1) is 0 Å². The SMILES string of the molecule is Cc1onc(-c2ccc(F)cc2)c1C(=O)Nc1ccc2oc(=O)ccc2c1. The Labute approximate surface area is 152 Å². The molecule has 0 aliphatic rings. The predicted molar refractivity (Wildman–Crippen MR) is 97.1 cm³/mol. The van der Waals surface area contributed by atoms with Gasteiger partial charge in [0.1, 0.15) is 28.4 Å². The summed E-state index contributed by atoms with van der Waals surface area (Å²) in [6.07, 6.45) is 0. The molecule has 1 N–H and O–H groups in total. The first-order valence-corrected chi connectivity index (χ1v) is 8.09. The molecule has 2 aromatic carbocycles. The molecule has 2 heterocycles. The van der Waals surface area contributed by atoms with Crippen LogP contribution in [0.25, 0.3) is 22.2 Å². The fourth-order valence-corrected chi connectivity index (χ4v) is 2.79. The summed E-state index contributed by atoms with van der Waals surface area (Å²) in [6, 6.07) is 13.5.